The first-order valence-corrected chi connectivity index (χ1v) is 3.72. The van der Waals surface area contributed by atoms with E-state index in [9.17, 15) is 5.11 Å². The summed E-state index contributed by atoms with van der Waals surface area (Å²) in [5.41, 5.74) is 0. The zero-order valence-corrected chi connectivity index (χ0v) is 6.89. The van der Waals surface area contributed by atoms with Crippen molar-refractivity contribution >= 4 is 0 Å². The highest BCUT2D eigenvalue weighted by Crippen LogP contribution is 2.11. The molecule has 0 heterocycles. The molecule has 10 heavy (non-hydrogen) atoms. The monoisotopic (exact) mass is 146 g/mol. The van der Waals surface area contributed by atoms with Crippen LogP contribution in [0.4, 0.5) is 0 Å². The lowest BCUT2D eigenvalue weighted by atomic mass is 9.98. The molecule has 0 aromatic rings. The van der Waals surface area contributed by atoms with Gasteiger partial charge >= 0.3 is 0 Å². The molecule has 0 aromatic carbocycles. The quantitative estimate of drug-likeness (QED) is 0.649. The van der Waals surface area contributed by atoms with Crippen LogP contribution in [0.25, 0.3) is 0 Å². The Balaban J connectivity index is 0. The van der Waals surface area contributed by atoms with E-state index in [1.807, 2.05) is 13.8 Å². The lowest BCUT2D eigenvalue weighted by molar-refractivity contribution is 0.103. The third-order valence-electron chi connectivity index (χ3n) is 1.48. The van der Waals surface area contributed by atoms with E-state index in [-0.39, 0.29) is 13.5 Å². The molecule has 0 fully saturated rings. The van der Waals surface area contributed by atoms with Crippen molar-refractivity contribution in [1.29, 1.82) is 0 Å². The van der Waals surface area contributed by atoms with E-state index in [0.717, 1.165) is 6.42 Å². The summed E-state index contributed by atoms with van der Waals surface area (Å²) in [6.07, 6.45) is 0.822. The maximum Gasteiger partial charge on any atom is 0.0565 e. The summed E-state index contributed by atoms with van der Waals surface area (Å²) < 4.78 is 0. The van der Waals surface area contributed by atoms with Crippen molar-refractivity contribution in [2.45, 2.75) is 47.6 Å². The average molecular weight is 146 g/mol. The van der Waals surface area contributed by atoms with Crippen LogP contribution in [0.2, 0.25) is 0 Å². The van der Waals surface area contributed by atoms with Crippen molar-refractivity contribution in [2.75, 3.05) is 0 Å². The van der Waals surface area contributed by atoms with Gasteiger partial charge in [0.1, 0.15) is 0 Å². The molecule has 64 valence electrons. The second-order valence-electron chi connectivity index (χ2n) is 3.44. The Bertz CT molecular complexity index is 67.1. The zero-order chi connectivity index (χ0) is 7.44. The van der Waals surface area contributed by atoms with Crippen LogP contribution in [-0.2, 0) is 0 Å². The molecule has 0 aliphatic heterocycles. The molecule has 1 heteroatoms. The topological polar surface area (TPSA) is 20.2 Å². The molecule has 0 bridgehead atoms. The lowest BCUT2D eigenvalue weighted by Crippen LogP contribution is -2.16. The minimum atomic E-state index is -0.106. The van der Waals surface area contributed by atoms with Gasteiger partial charge in [-0.25, -0.2) is 0 Å². The maximum absolute atomic E-state index is 9.30. The Hall–Kier alpha value is -0.0400. The smallest absolute Gasteiger partial charge is 0.0565 e. The fourth-order valence-corrected chi connectivity index (χ4v) is 0.755. The van der Waals surface area contributed by atoms with E-state index >= 15 is 0 Å². The molecule has 0 saturated carbocycles. The Kier molecular flexibility index (Phi) is 7.22. The highest BCUT2D eigenvalue weighted by Gasteiger charge is 2.09. The molecule has 0 aliphatic rings. The van der Waals surface area contributed by atoms with Crippen LogP contribution in [0.15, 0.2) is 0 Å². The molecule has 0 unspecified atom stereocenters. The van der Waals surface area contributed by atoms with Crippen LogP contribution >= 0.6 is 0 Å². The summed E-state index contributed by atoms with van der Waals surface area (Å²) in [5.74, 6) is 1.02. The van der Waals surface area contributed by atoms with Crippen LogP contribution in [0, 0.1) is 11.8 Å². The maximum atomic E-state index is 9.30. The molecule has 1 nitrogen and oxygen atoms in total. The Morgan fingerprint density at radius 3 is 1.60 bits per heavy atom. The molecule has 0 aliphatic carbocycles. The molecule has 0 saturated heterocycles. The summed E-state index contributed by atoms with van der Waals surface area (Å²) in [7, 11) is 0. The average Bonchev–Trinajstić information content (AvgIpc) is 1.63. The van der Waals surface area contributed by atoms with Crippen LogP contribution in [-0.4, -0.2) is 11.2 Å². The van der Waals surface area contributed by atoms with Gasteiger partial charge in [0.15, 0.2) is 0 Å². The highest BCUT2D eigenvalue weighted by molar-refractivity contribution is 4.61. The molecule has 0 amide bonds. The van der Waals surface area contributed by atoms with Gasteiger partial charge < -0.3 is 5.11 Å². The lowest BCUT2D eigenvalue weighted by Gasteiger charge is -2.15. The van der Waals surface area contributed by atoms with Gasteiger partial charge in [0.05, 0.1) is 6.10 Å². The first-order valence-electron chi connectivity index (χ1n) is 3.72. The molecule has 0 rings (SSSR count). The van der Waals surface area contributed by atoms with Gasteiger partial charge in [-0.15, -0.1) is 0 Å². The van der Waals surface area contributed by atoms with Crippen molar-refractivity contribution < 1.29 is 5.11 Å². The minimum Gasteiger partial charge on any atom is -0.393 e. The van der Waals surface area contributed by atoms with Crippen molar-refractivity contribution in [3.8, 4) is 0 Å². The molecule has 0 radical (unpaired) electrons. The standard InChI is InChI=1S/C8H18O.CH4/c1-6(2)5-8(9)7(3)4;/h6-9H,5H2,1-4H3;1H4/t8-;/m0./s1. The summed E-state index contributed by atoms with van der Waals surface area (Å²) in [5, 5.41) is 9.30. The number of aliphatic hydroxyl groups is 1. The minimum absolute atomic E-state index is 0. The summed E-state index contributed by atoms with van der Waals surface area (Å²) in [6.45, 7) is 8.36. The molecular weight excluding hydrogens is 124 g/mol. The van der Waals surface area contributed by atoms with E-state index < -0.39 is 0 Å². The number of hydrogen-bond donors (Lipinski definition) is 1. The predicted molar refractivity (Wildman–Crippen MR) is 47.0 cm³/mol. The second kappa shape index (κ2) is 5.72. The largest absolute Gasteiger partial charge is 0.393 e. The molecular formula is C9H22O. The van der Waals surface area contributed by atoms with E-state index in [2.05, 4.69) is 13.8 Å². The van der Waals surface area contributed by atoms with Crippen molar-refractivity contribution in [3.05, 3.63) is 0 Å². The summed E-state index contributed by atoms with van der Waals surface area (Å²) in [6, 6.07) is 0. The van der Waals surface area contributed by atoms with Crippen molar-refractivity contribution in [1.82, 2.24) is 0 Å². The van der Waals surface area contributed by atoms with E-state index in [0.29, 0.717) is 11.8 Å². The molecule has 1 N–H and O–H groups in total. The third-order valence-corrected chi connectivity index (χ3v) is 1.48. The van der Waals surface area contributed by atoms with Crippen LogP contribution in [0.3, 0.4) is 0 Å². The SMILES string of the molecule is C.CC(C)C[C@H](O)C(C)C. The Morgan fingerprint density at radius 1 is 1.10 bits per heavy atom. The van der Waals surface area contributed by atoms with Crippen molar-refractivity contribution in [3.63, 3.8) is 0 Å². The third kappa shape index (κ3) is 6.09. The molecule has 0 aromatic heterocycles. The number of hydrogen-bond acceptors (Lipinski definition) is 1. The van der Waals surface area contributed by atoms with E-state index in [4.69, 9.17) is 0 Å². The van der Waals surface area contributed by atoms with E-state index in [1.165, 1.54) is 0 Å². The second-order valence-corrected chi connectivity index (χ2v) is 3.44. The van der Waals surface area contributed by atoms with Crippen molar-refractivity contribution in [2.24, 2.45) is 11.8 Å². The molecule has 0 spiro atoms. The van der Waals surface area contributed by atoms with Gasteiger partial charge in [0.25, 0.3) is 0 Å². The Labute approximate surface area is 65.5 Å². The number of rotatable bonds is 3. The van der Waals surface area contributed by atoms with Crippen LogP contribution in [0.1, 0.15) is 41.5 Å². The predicted octanol–water partition coefficient (Wildman–Crippen LogP) is 2.69. The fourth-order valence-electron chi connectivity index (χ4n) is 0.755. The van der Waals surface area contributed by atoms with E-state index in [1.54, 1.807) is 0 Å². The Morgan fingerprint density at radius 2 is 1.50 bits per heavy atom. The normalized spacial score (nSPS) is 13.5. The van der Waals surface area contributed by atoms with Crippen LogP contribution < -0.4 is 0 Å². The summed E-state index contributed by atoms with van der Waals surface area (Å²) >= 11 is 0. The molecule has 1 atom stereocenters. The number of aliphatic hydroxyl groups excluding tert-OH is 1. The summed E-state index contributed by atoms with van der Waals surface area (Å²) in [4.78, 5) is 0. The van der Waals surface area contributed by atoms with Gasteiger partial charge in [-0.1, -0.05) is 35.1 Å². The van der Waals surface area contributed by atoms with Gasteiger partial charge in [0.2, 0.25) is 0 Å². The van der Waals surface area contributed by atoms with Gasteiger partial charge in [-0.3, -0.25) is 0 Å². The fraction of sp³-hybridized carbons (Fsp3) is 1.00. The highest BCUT2D eigenvalue weighted by atomic mass is 16.3. The van der Waals surface area contributed by atoms with Crippen LogP contribution in [0.5, 0.6) is 0 Å². The van der Waals surface area contributed by atoms with Gasteiger partial charge in [0, 0.05) is 0 Å². The first kappa shape index (κ1) is 12.6. The first-order chi connectivity index (χ1) is 4.04. The zero-order valence-electron chi connectivity index (χ0n) is 6.89. The van der Waals surface area contributed by atoms with Gasteiger partial charge in [-0.2, -0.15) is 0 Å². The van der Waals surface area contributed by atoms with Gasteiger partial charge in [-0.05, 0) is 18.3 Å².